The molecule has 8 nitrogen and oxygen atoms in total. The fourth-order valence-corrected chi connectivity index (χ4v) is 4.47. The Balaban J connectivity index is 0.000000890. The van der Waals surface area contributed by atoms with Crippen molar-refractivity contribution in [2.75, 3.05) is 6.26 Å². The maximum absolute atomic E-state index is 14.8. The number of benzene rings is 2. The molecule has 2 aromatic carbocycles. The minimum Gasteiger partial charge on any atom is -0.481 e. The molecule has 3 rings (SSSR count). The summed E-state index contributed by atoms with van der Waals surface area (Å²) in [5, 5.41) is 25.4. The molecule has 2 N–H and O–H groups in total. The van der Waals surface area contributed by atoms with E-state index < -0.39 is 68.5 Å². The van der Waals surface area contributed by atoms with Crippen molar-refractivity contribution in [3.63, 3.8) is 0 Å². The van der Waals surface area contributed by atoms with Crippen LogP contribution >= 0.6 is 0 Å². The summed E-state index contributed by atoms with van der Waals surface area (Å²) >= 11 is 0. The molecule has 0 unspecified atom stereocenters. The van der Waals surface area contributed by atoms with Crippen LogP contribution in [0.2, 0.25) is 0 Å². The Morgan fingerprint density at radius 3 is 2.36 bits per heavy atom. The highest BCUT2D eigenvalue weighted by Gasteiger charge is 2.50. The summed E-state index contributed by atoms with van der Waals surface area (Å²) in [5.41, 5.74) is -1.15. The number of halogens is 3. The van der Waals surface area contributed by atoms with E-state index in [1.54, 1.807) is 6.07 Å². The van der Waals surface area contributed by atoms with Crippen molar-refractivity contribution in [1.29, 1.82) is 5.26 Å². The highest BCUT2D eigenvalue weighted by atomic mass is 32.2. The Morgan fingerprint density at radius 1 is 1.24 bits per heavy atom. The smallest absolute Gasteiger partial charge is 0.303 e. The average Bonchev–Trinajstić information content (AvgIpc) is 2.90. The van der Waals surface area contributed by atoms with Gasteiger partial charge in [0.05, 0.1) is 28.5 Å². The number of hydrogen-bond acceptors (Lipinski definition) is 6. The molecule has 1 atom stereocenters. The minimum absolute atomic E-state index is 0.0973. The summed E-state index contributed by atoms with van der Waals surface area (Å²) in [7, 11) is -3.94. The number of carboxylic acids is 2. The first-order valence-electron chi connectivity index (χ1n) is 9.20. The van der Waals surface area contributed by atoms with E-state index in [-0.39, 0.29) is 16.9 Å². The lowest BCUT2D eigenvalue weighted by Crippen LogP contribution is -2.11. The second-order valence-corrected chi connectivity index (χ2v) is 9.22. The van der Waals surface area contributed by atoms with E-state index in [2.05, 4.69) is 0 Å². The Morgan fingerprint density at radius 2 is 1.85 bits per heavy atom. The van der Waals surface area contributed by atoms with Gasteiger partial charge in [-0.05, 0) is 29.8 Å². The predicted molar refractivity (Wildman–Crippen MR) is 108 cm³/mol. The third-order valence-corrected chi connectivity index (χ3v) is 5.65. The summed E-state index contributed by atoms with van der Waals surface area (Å²) < 4.78 is 72.9. The molecule has 0 saturated heterocycles. The van der Waals surface area contributed by atoms with Gasteiger partial charge in [-0.15, -0.1) is 0 Å². The van der Waals surface area contributed by atoms with E-state index in [4.69, 9.17) is 25.0 Å². The molecule has 2 aromatic rings. The van der Waals surface area contributed by atoms with E-state index >= 15 is 0 Å². The number of aliphatic carboxylic acids is 2. The number of fused-ring (bicyclic) bond motifs is 1. The molecule has 0 amide bonds. The topological polar surface area (TPSA) is 142 Å². The first kappa shape index (κ1) is 25.7. The molecule has 0 aliphatic heterocycles. The van der Waals surface area contributed by atoms with Gasteiger partial charge in [0.15, 0.2) is 9.84 Å². The fourth-order valence-electron chi connectivity index (χ4n) is 3.48. The maximum atomic E-state index is 14.8. The number of carboxylic acid groups (broad SMARTS) is 2. The second-order valence-electron chi connectivity index (χ2n) is 7.23. The molecule has 176 valence electrons. The van der Waals surface area contributed by atoms with Crippen LogP contribution in [0, 0.1) is 17.1 Å². The zero-order chi connectivity index (χ0) is 25.1. The number of nitriles is 1. The standard InChI is InChI=1S/C19H14F3NO5S.C2H4O2/c1-29(26,27)15-3-2-14(28-13-5-10(9-23)4-12(20)7-13)18-17(15)11(6-16(24)25)8-19(18,21)22;1-2(3)4/h2-5,7,11H,6,8H2,1H3,(H,24,25);1H3,(H,3,4)/t11-;/m1./s1. The predicted octanol–water partition coefficient (Wildman–Crippen LogP) is 4.04. The quantitative estimate of drug-likeness (QED) is 0.646. The van der Waals surface area contributed by atoms with Gasteiger partial charge >= 0.3 is 5.97 Å². The summed E-state index contributed by atoms with van der Waals surface area (Å²) in [6.07, 6.45) is -0.750. The lowest BCUT2D eigenvalue weighted by Gasteiger charge is -2.18. The van der Waals surface area contributed by atoms with Gasteiger partial charge in [0.25, 0.3) is 11.9 Å². The van der Waals surface area contributed by atoms with Gasteiger partial charge in [0.2, 0.25) is 0 Å². The van der Waals surface area contributed by atoms with Crippen molar-refractivity contribution in [1.82, 2.24) is 0 Å². The van der Waals surface area contributed by atoms with Crippen molar-refractivity contribution in [2.45, 2.75) is 36.5 Å². The van der Waals surface area contributed by atoms with Crippen LogP contribution in [0.1, 0.15) is 42.4 Å². The molecule has 12 heteroatoms. The molecular formula is C21H18F3NO7S. The van der Waals surface area contributed by atoms with E-state index in [0.29, 0.717) is 0 Å². The summed E-state index contributed by atoms with van der Waals surface area (Å²) in [6.45, 7) is 1.08. The van der Waals surface area contributed by atoms with E-state index in [0.717, 1.165) is 43.5 Å². The SMILES string of the molecule is CC(=O)O.CS(=O)(=O)c1ccc(Oc2cc(F)cc(C#N)c2)c2c1[C@H](CC(=O)O)CC2(F)F. The molecule has 33 heavy (non-hydrogen) atoms. The number of hydrogen-bond donors (Lipinski definition) is 2. The lowest BCUT2D eigenvalue weighted by atomic mass is 9.97. The molecule has 0 fully saturated rings. The van der Waals surface area contributed by atoms with Crippen LogP contribution in [-0.4, -0.2) is 36.8 Å². The summed E-state index contributed by atoms with van der Waals surface area (Å²) in [6, 6.07) is 6.75. The molecular weight excluding hydrogens is 467 g/mol. The number of alkyl halides is 2. The van der Waals surface area contributed by atoms with Crippen LogP contribution in [0.4, 0.5) is 13.2 Å². The molecule has 0 bridgehead atoms. The van der Waals surface area contributed by atoms with Gasteiger partial charge in [-0.25, -0.2) is 21.6 Å². The zero-order valence-corrected chi connectivity index (χ0v) is 18.1. The first-order chi connectivity index (χ1) is 15.2. The van der Waals surface area contributed by atoms with Crippen LogP contribution in [0.3, 0.4) is 0 Å². The summed E-state index contributed by atoms with van der Waals surface area (Å²) in [4.78, 5) is 19.7. The molecule has 1 aliphatic carbocycles. The van der Waals surface area contributed by atoms with Gasteiger partial charge in [-0.3, -0.25) is 9.59 Å². The highest BCUT2D eigenvalue weighted by molar-refractivity contribution is 7.90. The Hall–Kier alpha value is -3.59. The van der Waals surface area contributed by atoms with Crippen LogP contribution < -0.4 is 4.74 Å². The maximum Gasteiger partial charge on any atom is 0.303 e. The number of ether oxygens (including phenoxy) is 1. The van der Waals surface area contributed by atoms with Gasteiger partial charge in [0.1, 0.15) is 17.3 Å². The number of nitrogens with zero attached hydrogens (tertiary/aromatic N) is 1. The van der Waals surface area contributed by atoms with E-state index in [9.17, 15) is 26.4 Å². The van der Waals surface area contributed by atoms with Crippen LogP contribution in [0.25, 0.3) is 0 Å². The Labute approximate surface area is 186 Å². The van der Waals surface area contributed by atoms with Crippen molar-refractivity contribution < 1.29 is 46.1 Å². The van der Waals surface area contributed by atoms with Gasteiger partial charge in [-0.1, -0.05) is 0 Å². The van der Waals surface area contributed by atoms with Gasteiger partial charge in [0, 0.05) is 31.6 Å². The molecule has 1 aliphatic rings. The van der Waals surface area contributed by atoms with Crippen molar-refractivity contribution in [2.24, 2.45) is 0 Å². The van der Waals surface area contributed by atoms with Crippen molar-refractivity contribution in [3.05, 3.63) is 52.8 Å². The Bertz CT molecular complexity index is 1250. The van der Waals surface area contributed by atoms with E-state index in [1.807, 2.05) is 0 Å². The van der Waals surface area contributed by atoms with Crippen molar-refractivity contribution in [3.8, 4) is 17.6 Å². The number of sulfone groups is 1. The molecule has 0 radical (unpaired) electrons. The van der Waals surface area contributed by atoms with E-state index in [1.165, 1.54) is 0 Å². The molecule has 0 aromatic heterocycles. The molecule has 0 spiro atoms. The number of carbonyl (C=O) groups is 2. The minimum atomic E-state index is -3.94. The van der Waals surface area contributed by atoms with Crippen LogP contribution in [0.5, 0.6) is 11.5 Å². The highest BCUT2D eigenvalue weighted by Crippen LogP contribution is 2.55. The summed E-state index contributed by atoms with van der Waals surface area (Å²) in [5.74, 6) is -8.47. The largest absolute Gasteiger partial charge is 0.481 e. The molecule has 0 heterocycles. The first-order valence-corrected chi connectivity index (χ1v) is 11.1. The fraction of sp³-hybridized carbons (Fsp3) is 0.286. The third kappa shape index (κ3) is 6.23. The van der Waals surface area contributed by atoms with Gasteiger partial charge < -0.3 is 14.9 Å². The van der Waals surface area contributed by atoms with Crippen LogP contribution in [-0.2, 0) is 25.3 Å². The zero-order valence-electron chi connectivity index (χ0n) is 17.3. The second kappa shape index (κ2) is 9.50. The number of rotatable bonds is 5. The molecule has 0 saturated carbocycles. The average molecular weight is 485 g/mol. The lowest BCUT2D eigenvalue weighted by molar-refractivity contribution is -0.138. The normalized spacial score (nSPS) is 16.1. The van der Waals surface area contributed by atoms with Crippen molar-refractivity contribution >= 4 is 21.8 Å². The van der Waals surface area contributed by atoms with Crippen LogP contribution in [0.15, 0.2) is 35.2 Å². The third-order valence-electron chi connectivity index (χ3n) is 4.49. The Kier molecular flexibility index (Phi) is 7.39. The van der Waals surface area contributed by atoms with Gasteiger partial charge in [-0.2, -0.15) is 5.26 Å². The monoisotopic (exact) mass is 485 g/mol.